The molecule has 4 rings (SSSR count). The van der Waals surface area contributed by atoms with E-state index in [0.29, 0.717) is 23.5 Å². The first-order valence-electron chi connectivity index (χ1n) is 11.3. The fourth-order valence-electron chi connectivity index (χ4n) is 3.86. The van der Waals surface area contributed by atoms with Crippen LogP contribution in [0, 0.1) is 0 Å². The van der Waals surface area contributed by atoms with E-state index in [2.05, 4.69) is 4.72 Å². The summed E-state index contributed by atoms with van der Waals surface area (Å²) in [6.07, 6.45) is 0. The number of ether oxygens (including phenoxy) is 1. The van der Waals surface area contributed by atoms with Crippen molar-refractivity contribution in [1.82, 2.24) is 0 Å². The van der Waals surface area contributed by atoms with E-state index in [9.17, 15) is 18.0 Å². The summed E-state index contributed by atoms with van der Waals surface area (Å²) in [5.74, 6) is -0.955. The molecule has 7 nitrogen and oxygen atoms in total. The van der Waals surface area contributed by atoms with Crippen LogP contribution in [0.4, 0.5) is 11.4 Å². The highest BCUT2D eigenvalue weighted by Gasteiger charge is 2.30. The number of carbonyl (C=O) groups is 2. The summed E-state index contributed by atoms with van der Waals surface area (Å²) >= 11 is 0. The second-order valence-electron chi connectivity index (χ2n) is 9.53. The van der Waals surface area contributed by atoms with Crippen molar-refractivity contribution in [2.24, 2.45) is 0 Å². The number of anilines is 2. The summed E-state index contributed by atoms with van der Waals surface area (Å²) in [6, 6.07) is 20.3. The first-order valence-corrected chi connectivity index (χ1v) is 12.8. The second kappa shape index (κ2) is 9.19. The Morgan fingerprint density at radius 3 is 2.29 bits per heavy atom. The number of hydrogen-bond donors (Lipinski definition) is 1. The van der Waals surface area contributed by atoms with Gasteiger partial charge in [-0.2, -0.15) is 0 Å². The monoisotopic (exact) mass is 492 g/mol. The van der Waals surface area contributed by atoms with Crippen molar-refractivity contribution in [1.29, 1.82) is 0 Å². The Kier molecular flexibility index (Phi) is 6.42. The SMILES string of the molecule is CC(C(=O)OC(C)(C)C)c1ccc(N2Cc3ccc(NS(=O)(=O)c4ccccc4)cc3C2=O)cc1. The van der Waals surface area contributed by atoms with Crippen molar-refractivity contribution in [3.8, 4) is 0 Å². The van der Waals surface area contributed by atoms with Crippen LogP contribution >= 0.6 is 0 Å². The maximum absolute atomic E-state index is 13.1. The standard InChI is InChI=1S/C27H28N2O5S/c1-18(26(31)34-27(2,3)4)19-11-14-22(15-12-19)29-17-20-10-13-21(16-24(20)25(29)30)28-35(32,33)23-8-6-5-7-9-23/h5-16,18,28H,17H2,1-4H3. The lowest BCUT2D eigenvalue weighted by molar-refractivity contribution is -0.156. The van der Waals surface area contributed by atoms with E-state index in [1.54, 1.807) is 60.4 Å². The molecule has 1 N–H and O–H groups in total. The molecule has 8 heteroatoms. The van der Waals surface area contributed by atoms with Crippen LogP contribution in [0.25, 0.3) is 0 Å². The minimum atomic E-state index is -3.76. The molecule has 35 heavy (non-hydrogen) atoms. The number of nitrogens with zero attached hydrogens (tertiary/aromatic N) is 1. The highest BCUT2D eigenvalue weighted by Crippen LogP contribution is 2.32. The number of carbonyl (C=O) groups excluding carboxylic acids is 2. The summed E-state index contributed by atoms with van der Waals surface area (Å²) in [5, 5.41) is 0. The number of hydrogen-bond acceptors (Lipinski definition) is 5. The van der Waals surface area contributed by atoms with Gasteiger partial charge in [0, 0.05) is 16.9 Å². The van der Waals surface area contributed by atoms with Crippen molar-refractivity contribution >= 4 is 33.3 Å². The minimum Gasteiger partial charge on any atom is -0.460 e. The summed E-state index contributed by atoms with van der Waals surface area (Å²) in [4.78, 5) is 27.3. The molecule has 182 valence electrons. The molecule has 0 saturated carbocycles. The molecule has 3 aromatic carbocycles. The topological polar surface area (TPSA) is 92.8 Å². The number of fused-ring (bicyclic) bond motifs is 1. The summed E-state index contributed by atoms with van der Waals surface area (Å²) in [5.41, 5.74) is 2.51. The third-order valence-corrected chi connectivity index (χ3v) is 7.08. The molecule has 0 spiro atoms. The molecule has 1 heterocycles. The van der Waals surface area contributed by atoms with Crippen molar-refractivity contribution in [3.05, 3.63) is 89.5 Å². The molecule has 0 bridgehead atoms. The predicted octanol–water partition coefficient (Wildman–Crippen LogP) is 5.09. The molecular weight excluding hydrogens is 464 g/mol. The predicted molar refractivity (Wildman–Crippen MR) is 135 cm³/mol. The van der Waals surface area contributed by atoms with Gasteiger partial charge in [0.25, 0.3) is 15.9 Å². The third-order valence-electron chi connectivity index (χ3n) is 5.68. The Labute approximate surface area is 205 Å². The van der Waals surface area contributed by atoms with Crippen LogP contribution in [0.15, 0.2) is 77.7 Å². The van der Waals surface area contributed by atoms with Gasteiger partial charge >= 0.3 is 5.97 Å². The van der Waals surface area contributed by atoms with Gasteiger partial charge in [0.15, 0.2) is 0 Å². The molecule has 0 aromatic heterocycles. The van der Waals surface area contributed by atoms with E-state index < -0.39 is 21.5 Å². The number of nitrogens with one attached hydrogen (secondary N) is 1. The van der Waals surface area contributed by atoms with E-state index in [1.165, 1.54) is 12.1 Å². The zero-order chi connectivity index (χ0) is 25.4. The van der Waals surface area contributed by atoms with Gasteiger partial charge in [-0.05, 0) is 75.2 Å². The number of esters is 1. The van der Waals surface area contributed by atoms with Gasteiger partial charge in [-0.3, -0.25) is 14.3 Å². The van der Waals surface area contributed by atoms with E-state index in [0.717, 1.165) is 11.1 Å². The Morgan fingerprint density at radius 1 is 1.00 bits per heavy atom. The van der Waals surface area contributed by atoms with Crippen molar-refractivity contribution < 1.29 is 22.7 Å². The van der Waals surface area contributed by atoms with Crippen LogP contribution in [0.5, 0.6) is 0 Å². The van der Waals surface area contributed by atoms with Crippen molar-refractivity contribution in [3.63, 3.8) is 0 Å². The fraction of sp³-hybridized carbons (Fsp3) is 0.259. The normalized spacial score (nSPS) is 14.4. The smallest absolute Gasteiger partial charge is 0.313 e. The Balaban J connectivity index is 1.50. The van der Waals surface area contributed by atoms with Gasteiger partial charge in [-0.25, -0.2) is 8.42 Å². The van der Waals surface area contributed by atoms with Crippen LogP contribution in [0.1, 0.15) is 55.1 Å². The Bertz CT molecular complexity index is 1360. The second-order valence-corrected chi connectivity index (χ2v) is 11.2. The number of sulfonamides is 1. The van der Waals surface area contributed by atoms with Crippen molar-refractivity contribution in [2.45, 2.75) is 50.7 Å². The summed E-state index contributed by atoms with van der Waals surface area (Å²) in [6.45, 7) is 7.65. The highest BCUT2D eigenvalue weighted by molar-refractivity contribution is 7.92. The van der Waals surface area contributed by atoms with Gasteiger partial charge in [-0.15, -0.1) is 0 Å². The van der Waals surface area contributed by atoms with E-state index in [4.69, 9.17) is 4.74 Å². The molecule has 1 amide bonds. The van der Waals surface area contributed by atoms with E-state index in [1.807, 2.05) is 32.9 Å². The number of rotatable bonds is 6. The lowest BCUT2D eigenvalue weighted by atomic mass is 10.0. The van der Waals surface area contributed by atoms with Crippen LogP contribution < -0.4 is 9.62 Å². The largest absolute Gasteiger partial charge is 0.460 e. The summed E-state index contributed by atoms with van der Waals surface area (Å²) in [7, 11) is -3.76. The molecule has 0 radical (unpaired) electrons. The van der Waals surface area contributed by atoms with Gasteiger partial charge in [0.1, 0.15) is 5.60 Å². The lowest BCUT2D eigenvalue weighted by Gasteiger charge is -2.23. The van der Waals surface area contributed by atoms with Crippen molar-refractivity contribution in [2.75, 3.05) is 9.62 Å². The number of amides is 1. The van der Waals surface area contributed by atoms with Gasteiger partial charge in [-0.1, -0.05) is 36.4 Å². The average Bonchev–Trinajstić information content (AvgIpc) is 3.14. The van der Waals surface area contributed by atoms with Gasteiger partial charge in [0.2, 0.25) is 0 Å². The molecule has 0 aliphatic carbocycles. The van der Waals surface area contributed by atoms with Gasteiger partial charge in [0.05, 0.1) is 17.4 Å². The first kappa shape index (κ1) is 24.5. The van der Waals surface area contributed by atoms with Gasteiger partial charge < -0.3 is 9.64 Å². The Hall–Kier alpha value is -3.65. The molecule has 1 unspecified atom stereocenters. The van der Waals surface area contributed by atoms with E-state index >= 15 is 0 Å². The average molecular weight is 493 g/mol. The Morgan fingerprint density at radius 2 is 1.66 bits per heavy atom. The van der Waals surface area contributed by atoms with Crippen LogP contribution in [0.3, 0.4) is 0 Å². The lowest BCUT2D eigenvalue weighted by Crippen LogP contribution is -2.27. The molecule has 1 atom stereocenters. The molecule has 0 saturated heterocycles. The molecule has 1 aliphatic heterocycles. The quantitative estimate of drug-likeness (QED) is 0.484. The first-order chi connectivity index (χ1) is 16.4. The zero-order valence-corrected chi connectivity index (χ0v) is 20.9. The number of benzene rings is 3. The maximum atomic E-state index is 13.1. The molecular formula is C27H28N2O5S. The fourth-order valence-corrected chi connectivity index (χ4v) is 4.93. The molecule has 1 aliphatic rings. The van der Waals surface area contributed by atoms with Crippen LogP contribution in [-0.4, -0.2) is 25.9 Å². The van der Waals surface area contributed by atoms with Crippen LogP contribution in [0.2, 0.25) is 0 Å². The molecule has 0 fully saturated rings. The van der Waals surface area contributed by atoms with E-state index in [-0.39, 0.29) is 16.8 Å². The third kappa shape index (κ3) is 5.38. The molecule has 3 aromatic rings. The summed E-state index contributed by atoms with van der Waals surface area (Å²) < 4.78 is 33.3. The van der Waals surface area contributed by atoms with Crippen LogP contribution in [-0.2, 0) is 26.1 Å². The minimum absolute atomic E-state index is 0.147. The zero-order valence-electron chi connectivity index (χ0n) is 20.1. The highest BCUT2D eigenvalue weighted by atomic mass is 32.2. The maximum Gasteiger partial charge on any atom is 0.313 e.